The molecule has 1 aliphatic carbocycles. The second kappa shape index (κ2) is 7.76. The zero-order valence-corrected chi connectivity index (χ0v) is 16.0. The molecule has 0 spiro atoms. The van der Waals surface area contributed by atoms with E-state index in [1.165, 1.54) is 25.7 Å². The Kier molecular flexibility index (Phi) is 5.89. The molecule has 2 atom stereocenters. The summed E-state index contributed by atoms with van der Waals surface area (Å²) in [6, 6.07) is 3.61. The zero-order chi connectivity index (χ0) is 17.3. The van der Waals surface area contributed by atoms with Crippen LogP contribution in [0.1, 0.15) is 61.4 Å². The lowest BCUT2D eigenvalue weighted by molar-refractivity contribution is -0.0261. The standard InChI is InChI=1S/C20H26Cl2O2/c1-12-3-6-14(7-4-12)15-8-10-17(24-11-15)20(23)16-9-5-13(2)18(21)19(16)22/h5,9,12,14-15,17H,3-4,6-8,10-11H2,1-2H3/t12?,14?,15?,17-/m0/s1. The van der Waals surface area contributed by atoms with Crippen LogP contribution in [0.3, 0.4) is 0 Å². The topological polar surface area (TPSA) is 26.3 Å². The number of carbonyl (C=O) groups excluding carboxylic acids is 1. The molecule has 1 saturated heterocycles. The SMILES string of the molecule is Cc1ccc(C(=O)[C@@H]2CCC(C3CCC(C)CC3)CO2)c(Cl)c1Cl. The summed E-state index contributed by atoms with van der Waals surface area (Å²) < 4.78 is 5.96. The van der Waals surface area contributed by atoms with E-state index in [0.29, 0.717) is 28.1 Å². The predicted molar refractivity (Wildman–Crippen MR) is 99.1 cm³/mol. The van der Waals surface area contributed by atoms with Crippen LogP contribution < -0.4 is 0 Å². The molecule has 2 fully saturated rings. The first kappa shape index (κ1) is 18.2. The smallest absolute Gasteiger partial charge is 0.193 e. The first-order valence-corrected chi connectivity index (χ1v) is 9.83. The van der Waals surface area contributed by atoms with Gasteiger partial charge in [-0.1, -0.05) is 49.0 Å². The van der Waals surface area contributed by atoms with Crippen molar-refractivity contribution in [2.24, 2.45) is 17.8 Å². The van der Waals surface area contributed by atoms with Crippen LogP contribution in [-0.2, 0) is 4.74 Å². The number of benzene rings is 1. The number of ether oxygens (including phenoxy) is 1. The van der Waals surface area contributed by atoms with Crippen molar-refractivity contribution in [3.63, 3.8) is 0 Å². The van der Waals surface area contributed by atoms with Gasteiger partial charge in [-0.15, -0.1) is 0 Å². The number of halogens is 2. The van der Waals surface area contributed by atoms with Crippen LogP contribution in [0.2, 0.25) is 10.0 Å². The third kappa shape index (κ3) is 3.81. The molecule has 0 aromatic heterocycles. The highest BCUT2D eigenvalue weighted by Crippen LogP contribution is 2.38. The molecule has 2 nitrogen and oxygen atoms in total. The Morgan fingerprint density at radius 3 is 2.29 bits per heavy atom. The van der Waals surface area contributed by atoms with Crippen molar-refractivity contribution in [3.8, 4) is 0 Å². The lowest BCUT2D eigenvalue weighted by Gasteiger charge is -2.37. The molecule has 0 amide bonds. The molecule has 4 heteroatoms. The van der Waals surface area contributed by atoms with Gasteiger partial charge in [-0.2, -0.15) is 0 Å². The maximum Gasteiger partial charge on any atom is 0.193 e. The summed E-state index contributed by atoms with van der Waals surface area (Å²) in [5.74, 6) is 2.22. The average Bonchev–Trinajstić information content (AvgIpc) is 2.60. The number of hydrogen-bond acceptors (Lipinski definition) is 2. The van der Waals surface area contributed by atoms with E-state index in [9.17, 15) is 4.79 Å². The normalized spacial score (nSPS) is 31.0. The van der Waals surface area contributed by atoms with Crippen LogP contribution in [0.15, 0.2) is 12.1 Å². The Bertz CT molecular complexity index is 598. The lowest BCUT2D eigenvalue weighted by atomic mass is 9.74. The van der Waals surface area contributed by atoms with Gasteiger partial charge in [0, 0.05) is 5.56 Å². The van der Waals surface area contributed by atoms with E-state index in [1.54, 1.807) is 6.07 Å². The summed E-state index contributed by atoms with van der Waals surface area (Å²) in [6.07, 6.45) is 6.78. The van der Waals surface area contributed by atoms with Crippen LogP contribution in [0.4, 0.5) is 0 Å². The number of ketones is 1. The second-order valence-electron chi connectivity index (χ2n) is 7.60. The van der Waals surface area contributed by atoms with Crippen molar-refractivity contribution in [1.29, 1.82) is 0 Å². The minimum absolute atomic E-state index is 0.0300. The Morgan fingerprint density at radius 2 is 1.67 bits per heavy atom. The quantitative estimate of drug-likeness (QED) is 0.601. The highest BCUT2D eigenvalue weighted by Gasteiger charge is 2.34. The average molecular weight is 369 g/mol. The largest absolute Gasteiger partial charge is 0.370 e. The molecular formula is C20H26Cl2O2. The number of aryl methyl sites for hydroxylation is 1. The Balaban J connectivity index is 1.60. The summed E-state index contributed by atoms with van der Waals surface area (Å²) in [6.45, 7) is 4.93. The van der Waals surface area contributed by atoms with Gasteiger partial charge in [-0.05, 0) is 62.0 Å². The number of Topliss-reactive ketones (excluding diaryl/α,β-unsaturated/α-hetero) is 1. The van der Waals surface area contributed by atoms with E-state index >= 15 is 0 Å². The van der Waals surface area contributed by atoms with Crippen LogP contribution in [-0.4, -0.2) is 18.5 Å². The first-order chi connectivity index (χ1) is 11.5. The third-order valence-electron chi connectivity index (χ3n) is 5.87. The van der Waals surface area contributed by atoms with Crippen LogP contribution >= 0.6 is 23.2 Å². The van der Waals surface area contributed by atoms with Crippen molar-refractivity contribution in [2.75, 3.05) is 6.61 Å². The van der Waals surface area contributed by atoms with Gasteiger partial charge in [-0.3, -0.25) is 4.79 Å². The first-order valence-electron chi connectivity index (χ1n) is 9.07. The van der Waals surface area contributed by atoms with Crippen LogP contribution in [0, 0.1) is 24.7 Å². The fourth-order valence-corrected chi connectivity index (χ4v) is 4.59. The third-order valence-corrected chi connectivity index (χ3v) is 6.85. The summed E-state index contributed by atoms with van der Waals surface area (Å²) in [5, 5.41) is 0.821. The van der Waals surface area contributed by atoms with Crippen LogP contribution in [0.5, 0.6) is 0 Å². The fourth-order valence-electron chi connectivity index (χ4n) is 4.12. The minimum atomic E-state index is -0.375. The number of hydrogen-bond donors (Lipinski definition) is 0. The molecule has 132 valence electrons. The van der Waals surface area contributed by atoms with Gasteiger partial charge in [0.05, 0.1) is 16.7 Å². The molecule has 1 aliphatic heterocycles. The molecule has 2 aliphatic rings. The van der Waals surface area contributed by atoms with Gasteiger partial charge < -0.3 is 4.74 Å². The van der Waals surface area contributed by atoms with E-state index in [-0.39, 0.29) is 11.9 Å². The molecule has 3 rings (SSSR count). The number of carbonyl (C=O) groups is 1. The molecule has 1 saturated carbocycles. The maximum absolute atomic E-state index is 12.7. The molecular weight excluding hydrogens is 343 g/mol. The van der Waals surface area contributed by atoms with Crippen molar-refractivity contribution in [2.45, 2.75) is 58.5 Å². The lowest BCUT2D eigenvalue weighted by Crippen LogP contribution is -2.36. The molecule has 0 N–H and O–H groups in total. The van der Waals surface area contributed by atoms with Gasteiger partial charge in [0.1, 0.15) is 6.10 Å². The van der Waals surface area contributed by atoms with E-state index < -0.39 is 0 Å². The zero-order valence-electron chi connectivity index (χ0n) is 14.5. The summed E-state index contributed by atoms with van der Waals surface area (Å²) in [7, 11) is 0. The van der Waals surface area contributed by atoms with Gasteiger partial charge in [0.25, 0.3) is 0 Å². The molecule has 1 aromatic rings. The van der Waals surface area contributed by atoms with Crippen molar-refractivity contribution >= 4 is 29.0 Å². The van der Waals surface area contributed by atoms with Crippen molar-refractivity contribution < 1.29 is 9.53 Å². The molecule has 0 radical (unpaired) electrons. The molecule has 1 aromatic carbocycles. The predicted octanol–water partition coefficient (Wildman–Crippen LogP) is 6.11. The second-order valence-corrected chi connectivity index (χ2v) is 8.36. The highest BCUT2D eigenvalue weighted by atomic mass is 35.5. The summed E-state index contributed by atoms with van der Waals surface area (Å²) >= 11 is 12.4. The van der Waals surface area contributed by atoms with E-state index in [0.717, 1.165) is 30.2 Å². The van der Waals surface area contributed by atoms with E-state index in [2.05, 4.69) is 6.92 Å². The van der Waals surface area contributed by atoms with E-state index in [1.807, 2.05) is 13.0 Å². The summed E-state index contributed by atoms with van der Waals surface area (Å²) in [5.41, 5.74) is 1.37. The maximum atomic E-state index is 12.7. The Labute approximate surface area is 154 Å². The molecule has 1 heterocycles. The van der Waals surface area contributed by atoms with Crippen LogP contribution in [0.25, 0.3) is 0 Å². The monoisotopic (exact) mass is 368 g/mol. The Morgan fingerprint density at radius 1 is 1.00 bits per heavy atom. The molecule has 1 unspecified atom stereocenters. The minimum Gasteiger partial charge on any atom is -0.370 e. The van der Waals surface area contributed by atoms with Gasteiger partial charge in [0.15, 0.2) is 5.78 Å². The molecule has 0 bridgehead atoms. The van der Waals surface area contributed by atoms with Gasteiger partial charge in [-0.25, -0.2) is 0 Å². The van der Waals surface area contributed by atoms with Gasteiger partial charge in [0.2, 0.25) is 0 Å². The van der Waals surface area contributed by atoms with Crippen molar-refractivity contribution in [1.82, 2.24) is 0 Å². The number of rotatable bonds is 3. The van der Waals surface area contributed by atoms with Crippen molar-refractivity contribution in [3.05, 3.63) is 33.3 Å². The van der Waals surface area contributed by atoms with Gasteiger partial charge >= 0.3 is 0 Å². The fraction of sp³-hybridized carbons (Fsp3) is 0.650. The Hall–Kier alpha value is -0.570. The van der Waals surface area contributed by atoms with E-state index in [4.69, 9.17) is 27.9 Å². The highest BCUT2D eigenvalue weighted by molar-refractivity contribution is 6.44. The summed E-state index contributed by atoms with van der Waals surface area (Å²) in [4.78, 5) is 12.7. The molecule has 24 heavy (non-hydrogen) atoms.